The number of carbonyl (C=O) groups is 1. The van der Waals surface area contributed by atoms with E-state index in [1.807, 2.05) is 0 Å². The van der Waals surface area contributed by atoms with Gasteiger partial charge >= 0.3 is 5.97 Å². The summed E-state index contributed by atoms with van der Waals surface area (Å²) in [6.45, 7) is 1.71. The number of hydrogen-bond donors (Lipinski definition) is 2. The summed E-state index contributed by atoms with van der Waals surface area (Å²) < 4.78 is 0. The minimum Gasteiger partial charge on any atom is -0.478 e. The monoisotopic (exact) mass is 151 g/mol. The highest BCUT2D eigenvalue weighted by Crippen LogP contribution is 1.77. The zero-order chi connectivity index (χ0) is 6.57. The maximum absolute atomic E-state index is 9.76. The number of halogens is 1. The van der Waals surface area contributed by atoms with Crippen LogP contribution < -0.4 is 5.73 Å². The highest BCUT2D eigenvalue weighted by atomic mass is 35.5. The third kappa shape index (κ3) is 11.2. The van der Waals surface area contributed by atoms with Gasteiger partial charge in [-0.3, -0.25) is 0 Å². The molecule has 1 atom stereocenters. The summed E-state index contributed by atoms with van der Waals surface area (Å²) >= 11 is 0. The normalized spacial score (nSPS) is 12.7. The van der Waals surface area contributed by atoms with Gasteiger partial charge in [0, 0.05) is 12.1 Å². The van der Waals surface area contributed by atoms with Crippen molar-refractivity contribution in [1.82, 2.24) is 0 Å². The van der Waals surface area contributed by atoms with Gasteiger partial charge in [-0.05, 0) is 6.92 Å². The molecule has 0 saturated heterocycles. The van der Waals surface area contributed by atoms with Crippen LogP contribution in [0.3, 0.4) is 0 Å². The number of carboxylic acids is 1. The van der Waals surface area contributed by atoms with E-state index in [2.05, 4.69) is 0 Å². The molecule has 9 heavy (non-hydrogen) atoms. The Hall–Kier alpha value is -0.540. The SMILES string of the molecule is C[C@H](N)C=CC(=O)O.Cl. The molecule has 0 unspecified atom stereocenters. The third-order valence-corrected chi connectivity index (χ3v) is 0.542. The summed E-state index contributed by atoms with van der Waals surface area (Å²) in [5.74, 6) is -0.956. The van der Waals surface area contributed by atoms with E-state index in [4.69, 9.17) is 10.8 Å². The number of rotatable bonds is 2. The molecular formula is C5H10ClNO2. The Kier molecular flexibility index (Phi) is 7.01. The van der Waals surface area contributed by atoms with Crippen molar-refractivity contribution in [2.75, 3.05) is 0 Å². The molecule has 0 aromatic rings. The average Bonchev–Trinajstić information content (AvgIpc) is 1.61. The lowest BCUT2D eigenvalue weighted by Crippen LogP contribution is -2.10. The maximum Gasteiger partial charge on any atom is 0.328 e. The van der Waals surface area contributed by atoms with Crippen LogP contribution in [0, 0.1) is 0 Å². The zero-order valence-electron chi connectivity index (χ0n) is 5.07. The minimum atomic E-state index is -0.956. The van der Waals surface area contributed by atoms with Crippen LogP contribution in [-0.4, -0.2) is 17.1 Å². The summed E-state index contributed by atoms with van der Waals surface area (Å²) in [4.78, 5) is 9.76. The molecule has 54 valence electrons. The molecule has 0 radical (unpaired) electrons. The van der Waals surface area contributed by atoms with Crippen molar-refractivity contribution < 1.29 is 9.90 Å². The van der Waals surface area contributed by atoms with Gasteiger partial charge in [-0.1, -0.05) is 6.08 Å². The van der Waals surface area contributed by atoms with Gasteiger partial charge in [0.15, 0.2) is 0 Å². The summed E-state index contributed by atoms with van der Waals surface area (Å²) in [6.07, 6.45) is 2.45. The molecule has 0 fully saturated rings. The Bertz CT molecular complexity index is 112. The van der Waals surface area contributed by atoms with Crippen LogP contribution in [0.5, 0.6) is 0 Å². The zero-order valence-corrected chi connectivity index (χ0v) is 5.89. The fourth-order valence-electron chi connectivity index (χ4n) is 0.234. The summed E-state index contributed by atoms with van der Waals surface area (Å²) in [5.41, 5.74) is 5.19. The highest BCUT2D eigenvalue weighted by Gasteiger charge is 1.86. The van der Waals surface area contributed by atoms with E-state index in [0.717, 1.165) is 6.08 Å². The van der Waals surface area contributed by atoms with Crippen LogP contribution in [0.1, 0.15) is 6.92 Å². The topological polar surface area (TPSA) is 63.3 Å². The van der Waals surface area contributed by atoms with Gasteiger partial charge in [0.05, 0.1) is 0 Å². The van der Waals surface area contributed by atoms with Crippen molar-refractivity contribution >= 4 is 18.4 Å². The van der Waals surface area contributed by atoms with Crippen molar-refractivity contribution in [2.24, 2.45) is 5.73 Å². The molecule has 0 aliphatic rings. The molecule has 3 nitrogen and oxygen atoms in total. The van der Waals surface area contributed by atoms with E-state index in [1.54, 1.807) is 6.92 Å². The fourth-order valence-corrected chi connectivity index (χ4v) is 0.234. The fraction of sp³-hybridized carbons (Fsp3) is 0.400. The Balaban J connectivity index is 0. The maximum atomic E-state index is 9.76. The van der Waals surface area contributed by atoms with Crippen molar-refractivity contribution in [3.63, 3.8) is 0 Å². The van der Waals surface area contributed by atoms with Crippen LogP contribution in [0.15, 0.2) is 12.2 Å². The first-order valence-corrected chi connectivity index (χ1v) is 2.29. The molecular weight excluding hydrogens is 142 g/mol. The summed E-state index contributed by atoms with van der Waals surface area (Å²) in [6, 6.07) is -0.175. The van der Waals surface area contributed by atoms with Gasteiger partial charge in [-0.25, -0.2) is 4.79 Å². The first-order chi connectivity index (χ1) is 3.63. The van der Waals surface area contributed by atoms with Crippen molar-refractivity contribution in [3.05, 3.63) is 12.2 Å². The predicted octanol–water partition coefficient (Wildman–Crippen LogP) is 0.396. The van der Waals surface area contributed by atoms with Crippen LogP contribution in [-0.2, 0) is 4.79 Å². The lowest BCUT2D eigenvalue weighted by molar-refractivity contribution is -0.131. The highest BCUT2D eigenvalue weighted by molar-refractivity contribution is 5.85. The molecule has 0 aromatic carbocycles. The van der Waals surface area contributed by atoms with Gasteiger partial charge < -0.3 is 10.8 Å². The third-order valence-electron chi connectivity index (χ3n) is 0.542. The minimum absolute atomic E-state index is 0. The molecule has 0 heterocycles. The van der Waals surface area contributed by atoms with E-state index >= 15 is 0 Å². The predicted molar refractivity (Wildman–Crippen MR) is 37.7 cm³/mol. The molecule has 0 aromatic heterocycles. The molecule has 0 aliphatic heterocycles. The van der Waals surface area contributed by atoms with E-state index in [1.165, 1.54) is 6.08 Å². The summed E-state index contributed by atoms with van der Waals surface area (Å²) in [5, 5.41) is 8.02. The van der Waals surface area contributed by atoms with Crippen LogP contribution >= 0.6 is 12.4 Å². The van der Waals surface area contributed by atoms with Crippen LogP contribution in [0.2, 0.25) is 0 Å². The first-order valence-electron chi connectivity index (χ1n) is 2.29. The molecule has 0 bridgehead atoms. The molecule has 0 aliphatic carbocycles. The quantitative estimate of drug-likeness (QED) is 0.562. The van der Waals surface area contributed by atoms with E-state index in [-0.39, 0.29) is 18.4 Å². The Morgan fingerprint density at radius 3 is 2.33 bits per heavy atom. The van der Waals surface area contributed by atoms with E-state index in [9.17, 15) is 4.79 Å². The van der Waals surface area contributed by atoms with Gasteiger partial charge in [0.1, 0.15) is 0 Å². The van der Waals surface area contributed by atoms with E-state index in [0.29, 0.717) is 0 Å². The molecule has 0 amide bonds. The molecule has 4 heteroatoms. The second kappa shape index (κ2) is 5.59. The standard InChI is InChI=1S/C5H9NO2.ClH/c1-4(6)2-3-5(7)8;/h2-4H,6H2,1H3,(H,7,8);1H/t4-;/m0./s1. The Morgan fingerprint density at radius 1 is 1.78 bits per heavy atom. The van der Waals surface area contributed by atoms with Crippen molar-refractivity contribution in [1.29, 1.82) is 0 Å². The number of hydrogen-bond acceptors (Lipinski definition) is 2. The average molecular weight is 152 g/mol. The van der Waals surface area contributed by atoms with Gasteiger partial charge in [0.25, 0.3) is 0 Å². The Labute approximate surface area is 60.0 Å². The molecule has 0 rings (SSSR count). The first kappa shape index (κ1) is 11.3. The van der Waals surface area contributed by atoms with Crippen molar-refractivity contribution in [3.8, 4) is 0 Å². The summed E-state index contributed by atoms with van der Waals surface area (Å²) in [7, 11) is 0. The lowest BCUT2D eigenvalue weighted by atomic mass is 10.3. The second-order valence-electron chi connectivity index (χ2n) is 1.56. The van der Waals surface area contributed by atoms with Gasteiger partial charge in [-0.2, -0.15) is 0 Å². The number of aliphatic carboxylic acids is 1. The smallest absolute Gasteiger partial charge is 0.328 e. The van der Waals surface area contributed by atoms with E-state index < -0.39 is 5.97 Å². The molecule has 0 saturated carbocycles. The lowest BCUT2D eigenvalue weighted by Gasteiger charge is -1.89. The van der Waals surface area contributed by atoms with Crippen molar-refractivity contribution in [2.45, 2.75) is 13.0 Å². The van der Waals surface area contributed by atoms with Crippen LogP contribution in [0.4, 0.5) is 0 Å². The van der Waals surface area contributed by atoms with Gasteiger partial charge in [0.2, 0.25) is 0 Å². The van der Waals surface area contributed by atoms with Crippen LogP contribution in [0.25, 0.3) is 0 Å². The number of nitrogens with two attached hydrogens (primary N) is 1. The second-order valence-corrected chi connectivity index (χ2v) is 1.56. The largest absolute Gasteiger partial charge is 0.478 e. The Morgan fingerprint density at radius 2 is 2.22 bits per heavy atom. The molecule has 3 N–H and O–H groups in total. The molecule has 0 spiro atoms. The number of carboxylic acid groups (broad SMARTS) is 1. The van der Waals surface area contributed by atoms with Gasteiger partial charge in [-0.15, -0.1) is 12.4 Å².